The Labute approximate surface area is 150 Å². The van der Waals surface area contributed by atoms with Crippen LogP contribution in [0, 0.1) is 19.8 Å². The number of carbonyl (C=O) groups excluding carboxylic acids is 1. The third-order valence-electron chi connectivity index (χ3n) is 4.91. The first-order valence-corrected chi connectivity index (χ1v) is 9.14. The van der Waals surface area contributed by atoms with Crippen LogP contribution in [0.4, 0.5) is 0 Å². The summed E-state index contributed by atoms with van der Waals surface area (Å²) in [5.41, 5.74) is 3.37. The van der Waals surface area contributed by atoms with Gasteiger partial charge in [0, 0.05) is 25.3 Å². The molecule has 1 saturated heterocycles. The molecular formula is C20H28N4O. The first kappa shape index (κ1) is 17.7. The predicted octanol–water partition coefficient (Wildman–Crippen LogP) is 2.18. The zero-order chi connectivity index (χ0) is 17.6. The van der Waals surface area contributed by atoms with Crippen LogP contribution in [0.25, 0.3) is 0 Å². The van der Waals surface area contributed by atoms with Crippen molar-refractivity contribution >= 4 is 5.91 Å². The lowest BCUT2D eigenvalue weighted by Gasteiger charge is -2.16. The van der Waals surface area contributed by atoms with E-state index < -0.39 is 0 Å². The SMILES string of the molecule is Cc1cc(C)n(CC(=O)NC[C@@H]2CCN(CCc3ccccc3)C2)n1. The highest BCUT2D eigenvalue weighted by atomic mass is 16.2. The number of likely N-dealkylation sites (tertiary alicyclic amines) is 1. The number of amides is 1. The maximum Gasteiger partial charge on any atom is 0.241 e. The van der Waals surface area contributed by atoms with Gasteiger partial charge in [-0.1, -0.05) is 30.3 Å². The van der Waals surface area contributed by atoms with E-state index in [1.54, 1.807) is 4.68 Å². The molecule has 0 unspecified atom stereocenters. The van der Waals surface area contributed by atoms with E-state index in [9.17, 15) is 4.79 Å². The summed E-state index contributed by atoms with van der Waals surface area (Å²) < 4.78 is 1.77. The van der Waals surface area contributed by atoms with Gasteiger partial charge >= 0.3 is 0 Å². The summed E-state index contributed by atoms with van der Waals surface area (Å²) in [6.07, 6.45) is 2.26. The molecule has 0 saturated carbocycles. The lowest BCUT2D eigenvalue weighted by molar-refractivity contribution is -0.122. The fraction of sp³-hybridized carbons (Fsp3) is 0.500. The highest BCUT2D eigenvalue weighted by Crippen LogP contribution is 2.16. The van der Waals surface area contributed by atoms with Crippen molar-refractivity contribution in [2.45, 2.75) is 33.2 Å². The molecule has 3 rings (SSSR count). The average molecular weight is 340 g/mol. The molecule has 134 valence electrons. The number of benzene rings is 1. The molecule has 1 aromatic carbocycles. The van der Waals surface area contributed by atoms with Crippen molar-refractivity contribution in [3.8, 4) is 0 Å². The maximum absolute atomic E-state index is 12.1. The van der Waals surface area contributed by atoms with E-state index in [0.29, 0.717) is 12.5 Å². The fourth-order valence-corrected chi connectivity index (χ4v) is 3.50. The van der Waals surface area contributed by atoms with Gasteiger partial charge in [0.05, 0.1) is 5.69 Å². The summed E-state index contributed by atoms with van der Waals surface area (Å²) in [6.45, 7) is 8.31. The highest BCUT2D eigenvalue weighted by Gasteiger charge is 2.22. The quantitative estimate of drug-likeness (QED) is 0.840. The van der Waals surface area contributed by atoms with E-state index >= 15 is 0 Å². The van der Waals surface area contributed by atoms with E-state index in [1.165, 1.54) is 5.56 Å². The van der Waals surface area contributed by atoms with Gasteiger partial charge in [-0.05, 0) is 50.8 Å². The van der Waals surface area contributed by atoms with Gasteiger partial charge in [0.15, 0.2) is 0 Å². The van der Waals surface area contributed by atoms with Gasteiger partial charge in [0.25, 0.3) is 0 Å². The minimum atomic E-state index is 0.0499. The van der Waals surface area contributed by atoms with Gasteiger partial charge in [-0.15, -0.1) is 0 Å². The van der Waals surface area contributed by atoms with Crippen molar-refractivity contribution in [2.75, 3.05) is 26.2 Å². The Hall–Kier alpha value is -2.14. The molecule has 0 spiro atoms. The van der Waals surface area contributed by atoms with Gasteiger partial charge in [0.2, 0.25) is 5.91 Å². The molecule has 5 nitrogen and oxygen atoms in total. The predicted molar refractivity (Wildman–Crippen MR) is 99.4 cm³/mol. The molecule has 2 aromatic rings. The zero-order valence-electron chi connectivity index (χ0n) is 15.2. The van der Waals surface area contributed by atoms with Crippen LogP contribution in [0.2, 0.25) is 0 Å². The molecule has 25 heavy (non-hydrogen) atoms. The molecule has 2 heterocycles. The molecule has 1 aliphatic heterocycles. The first-order chi connectivity index (χ1) is 12.1. The molecule has 1 N–H and O–H groups in total. The standard InChI is InChI=1S/C20H28N4O/c1-16-12-17(2)24(22-16)15-20(25)21-13-19-9-11-23(14-19)10-8-18-6-4-3-5-7-18/h3-7,12,19H,8-11,13-15H2,1-2H3,(H,21,25)/t19-/m0/s1. The van der Waals surface area contributed by atoms with Crippen LogP contribution in [0.15, 0.2) is 36.4 Å². The largest absolute Gasteiger partial charge is 0.354 e. The van der Waals surface area contributed by atoms with E-state index in [4.69, 9.17) is 0 Å². The Bertz CT molecular complexity index is 695. The number of nitrogens with zero attached hydrogens (tertiary/aromatic N) is 3. The minimum absolute atomic E-state index is 0.0499. The zero-order valence-corrected chi connectivity index (χ0v) is 15.2. The smallest absolute Gasteiger partial charge is 0.241 e. The number of hydrogen-bond donors (Lipinski definition) is 1. The number of nitrogens with one attached hydrogen (secondary N) is 1. The molecule has 5 heteroatoms. The second-order valence-electron chi connectivity index (χ2n) is 7.08. The van der Waals surface area contributed by atoms with Crippen molar-refractivity contribution in [3.05, 3.63) is 53.3 Å². The van der Waals surface area contributed by atoms with Crippen LogP contribution < -0.4 is 5.32 Å². The van der Waals surface area contributed by atoms with Gasteiger partial charge in [-0.25, -0.2) is 0 Å². The first-order valence-electron chi connectivity index (χ1n) is 9.14. The van der Waals surface area contributed by atoms with Crippen molar-refractivity contribution in [2.24, 2.45) is 5.92 Å². The summed E-state index contributed by atoms with van der Waals surface area (Å²) in [7, 11) is 0. The Balaban J connectivity index is 1.36. The van der Waals surface area contributed by atoms with Crippen LogP contribution in [-0.2, 0) is 17.8 Å². The number of carbonyl (C=O) groups is 1. The third kappa shape index (κ3) is 5.16. The molecule has 1 fully saturated rings. The molecule has 0 bridgehead atoms. The van der Waals surface area contributed by atoms with Crippen LogP contribution in [0.1, 0.15) is 23.4 Å². The van der Waals surface area contributed by atoms with Crippen LogP contribution in [-0.4, -0.2) is 46.8 Å². The monoisotopic (exact) mass is 340 g/mol. The van der Waals surface area contributed by atoms with Gasteiger partial charge in [0.1, 0.15) is 6.54 Å². The lowest BCUT2D eigenvalue weighted by atomic mass is 10.1. The molecule has 0 radical (unpaired) electrons. The number of hydrogen-bond acceptors (Lipinski definition) is 3. The summed E-state index contributed by atoms with van der Waals surface area (Å²) in [5, 5.41) is 7.42. The van der Waals surface area contributed by atoms with E-state index in [1.807, 2.05) is 19.9 Å². The Kier molecular flexibility index (Phi) is 5.87. The highest BCUT2D eigenvalue weighted by molar-refractivity contribution is 5.75. The molecule has 0 aliphatic carbocycles. The average Bonchev–Trinajstić information content (AvgIpc) is 3.18. The van der Waals surface area contributed by atoms with E-state index in [0.717, 1.165) is 50.4 Å². The summed E-state index contributed by atoms with van der Waals surface area (Å²) >= 11 is 0. The molecule has 1 amide bonds. The summed E-state index contributed by atoms with van der Waals surface area (Å²) in [5.74, 6) is 0.606. The Morgan fingerprint density at radius 1 is 1.28 bits per heavy atom. The Morgan fingerprint density at radius 3 is 2.80 bits per heavy atom. The van der Waals surface area contributed by atoms with Gasteiger partial charge < -0.3 is 10.2 Å². The maximum atomic E-state index is 12.1. The molecule has 1 aromatic heterocycles. The number of aromatic nitrogens is 2. The Morgan fingerprint density at radius 2 is 2.08 bits per heavy atom. The van der Waals surface area contributed by atoms with E-state index in [-0.39, 0.29) is 5.91 Å². The number of rotatable bonds is 7. The van der Waals surface area contributed by atoms with Crippen molar-refractivity contribution in [3.63, 3.8) is 0 Å². The van der Waals surface area contributed by atoms with Crippen LogP contribution in [0.5, 0.6) is 0 Å². The molecule has 1 atom stereocenters. The van der Waals surface area contributed by atoms with Crippen molar-refractivity contribution in [1.29, 1.82) is 0 Å². The van der Waals surface area contributed by atoms with E-state index in [2.05, 4.69) is 45.6 Å². The molecule has 1 aliphatic rings. The van der Waals surface area contributed by atoms with Crippen LogP contribution in [0.3, 0.4) is 0 Å². The second-order valence-corrected chi connectivity index (χ2v) is 7.08. The number of aryl methyl sites for hydroxylation is 2. The van der Waals surface area contributed by atoms with Gasteiger partial charge in [-0.3, -0.25) is 9.48 Å². The minimum Gasteiger partial charge on any atom is -0.354 e. The van der Waals surface area contributed by atoms with Crippen molar-refractivity contribution in [1.82, 2.24) is 20.0 Å². The van der Waals surface area contributed by atoms with Gasteiger partial charge in [-0.2, -0.15) is 5.10 Å². The van der Waals surface area contributed by atoms with Crippen molar-refractivity contribution < 1.29 is 4.79 Å². The normalized spacial score (nSPS) is 17.8. The third-order valence-corrected chi connectivity index (χ3v) is 4.91. The fourth-order valence-electron chi connectivity index (χ4n) is 3.50. The topological polar surface area (TPSA) is 50.2 Å². The summed E-state index contributed by atoms with van der Waals surface area (Å²) in [4.78, 5) is 14.6. The second kappa shape index (κ2) is 8.30. The van der Waals surface area contributed by atoms with Crippen LogP contribution >= 0.6 is 0 Å². The summed E-state index contributed by atoms with van der Waals surface area (Å²) in [6, 6.07) is 12.6. The molecular weight excluding hydrogens is 312 g/mol. The lowest BCUT2D eigenvalue weighted by Crippen LogP contribution is -2.34.